The highest BCUT2D eigenvalue weighted by molar-refractivity contribution is 7.13. The van der Waals surface area contributed by atoms with Crippen LogP contribution < -0.4 is 21.3 Å². The standard InChI is InChI=1S/C55H72ClFN8O9S2/c1-37-48(76-36-61-37)39-15-13-38(14-16-39)35-60-50(67)43-10-7-24-65(43)51(68)49(54(2,3)4)64-46(66)19-25-70-27-29-72-31-32-73-30-28-71-26-22-58-52(69)55(34-40-8-5-12-45(62-40)63-53-59-23-33-75-53)20-17-41(18-21-55)74-44-11-6-9-42(56)47(44)57/h5-6,8-9,11-16,23,33,36,41,43-44,47,49H,7,10,17-22,24-32,34-35H2,1-4H3,(H,58,69)(H,60,67)(H,64,66)(H,59,62,63)/t41-,43-,44?,47?,49+,55-/m0/s1. The summed E-state index contributed by atoms with van der Waals surface area (Å²) in [5, 5.41) is 15.0. The van der Waals surface area contributed by atoms with Gasteiger partial charge in [0, 0.05) is 49.7 Å². The maximum atomic E-state index is 14.8. The van der Waals surface area contributed by atoms with E-state index in [9.17, 15) is 23.6 Å². The Bertz CT molecular complexity index is 2550. The SMILES string of the molecule is Cc1ncsc1-c1ccc(CNC(=O)[C@@H]2CCCN2C(=O)[C@@H](NC(=O)CCOCCOCCOCCOCCNC(=O)[C@]2(Cc3cccc(Nc4nccs4)n3)CC[C@@H](OC3C=CC=C(Cl)C3F)CC2)C(C)(C)C)cc1. The summed E-state index contributed by atoms with van der Waals surface area (Å²) >= 11 is 9.11. The largest absolute Gasteiger partial charge is 0.379 e. The second kappa shape index (κ2) is 29.0. The molecule has 3 aliphatic rings. The zero-order chi connectivity index (χ0) is 53.9. The van der Waals surface area contributed by atoms with Crippen molar-refractivity contribution in [2.75, 3.05) is 71.3 Å². The number of aromatic nitrogens is 3. The van der Waals surface area contributed by atoms with Gasteiger partial charge >= 0.3 is 0 Å². The molecule has 2 fully saturated rings. The summed E-state index contributed by atoms with van der Waals surface area (Å²) in [7, 11) is 0. The van der Waals surface area contributed by atoms with E-state index in [1.165, 1.54) is 17.4 Å². The average Bonchev–Trinajstić information content (AvgIpc) is 4.21. The van der Waals surface area contributed by atoms with Crippen molar-refractivity contribution in [3.63, 3.8) is 0 Å². The molecule has 2 unspecified atom stereocenters. The Morgan fingerprint density at radius 2 is 1.61 bits per heavy atom. The molecule has 2 aliphatic carbocycles. The maximum Gasteiger partial charge on any atom is 0.246 e. The van der Waals surface area contributed by atoms with E-state index in [4.69, 9.17) is 40.3 Å². The van der Waals surface area contributed by atoms with Crippen LogP contribution in [-0.2, 0) is 55.8 Å². The number of aryl methyl sites for hydroxylation is 1. The molecule has 4 heterocycles. The van der Waals surface area contributed by atoms with E-state index in [0.717, 1.165) is 32.5 Å². The number of carbonyl (C=O) groups is 4. The number of hydrogen-bond donors (Lipinski definition) is 4. The smallest absolute Gasteiger partial charge is 0.246 e. The van der Waals surface area contributed by atoms with Crippen molar-refractivity contribution >= 4 is 68.9 Å². The molecule has 4 aromatic rings. The average molecular weight is 1110 g/mol. The third kappa shape index (κ3) is 17.2. The molecule has 0 spiro atoms. The minimum absolute atomic E-state index is 0.0590. The number of thiazole rings is 2. The number of alkyl halides is 1. The minimum Gasteiger partial charge on any atom is -0.379 e. The Labute approximate surface area is 458 Å². The quantitative estimate of drug-likeness (QED) is 0.0399. The van der Waals surface area contributed by atoms with Gasteiger partial charge < -0.3 is 49.9 Å². The molecule has 76 heavy (non-hydrogen) atoms. The summed E-state index contributed by atoms with van der Waals surface area (Å²) in [6.45, 7) is 11.2. The highest BCUT2D eigenvalue weighted by Crippen LogP contribution is 2.42. The summed E-state index contributed by atoms with van der Waals surface area (Å²) in [5.74, 6) is -0.241. The number of allylic oxidation sites excluding steroid dienone is 2. The number of nitrogens with zero attached hydrogens (tertiary/aromatic N) is 4. The van der Waals surface area contributed by atoms with Gasteiger partial charge in [-0.05, 0) is 80.2 Å². The van der Waals surface area contributed by atoms with Gasteiger partial charge in [-0.25, -0.2) is 19.3 Å². The van der Waals surface area contributed by atoms with Crippen LogP contribution in [0.2, 0.25) is 0 Å². The Morgan fingerprint density at radius 1 is 0.895 bits per heavy atom. The first kappa shape index (κ1) is 58.5. The normalized spacial score (nSPS) is 21.0. The number of amides is 4. The van der Waals surface area contributed by atoms with Crippen LogP contribution in [0.3, 0.4) is 0 Å². The second-order valence-corrected chi connectivity index (χ2v) is 22.5. The van der Waals surface area contributed by atoms with Crippen molar-refractivity contribution in [1.29, 1.82) is 0 Å². The van der Waals surface area contributed by atoms with E-state index in [2.05, 4.69) is 31.2 Å². The number of likely N-dealkylation sites (tertiary alicyclic amines) is 1. The molecule has 1 aliphatic heterocycles. The van der Waals surface area contributed by atoms with Gasteiger partial charge in [-0.2, -0.15) is 0 Å². The molecule has 4 atom stereocenters. The molecule has 1 aromatic carbocycles. The fourth-order valence-corrected chi connectivity index (χ4v) is 11.0. The fourth-order valence-electron chi connectivity index (χ4n) is 9.45. The van der Waals surface area contributed by atoms with Gasteiger partial charge in [-0.15, -0.1) is 22.7 Å². The van der Waals surface area contributed by atoms with Gasteiger partial charge in [0.1, 0.15) is 24.0 Å². The second-order valence-electron chi connectivity index (χ2n) is 20.3. The summed E-state index contributed by atoms with van der Waals surface area (Å²) in [4.78, 5) is 70.6. The molecule has 17 nitrogen and oxygen atoms in total. The van der Waals surface area contributed by atoms with Gasteiger partial charge in [0.25, 0.3) is 0 Å². The lowest BCUT2D eigenvalue weighted by atomic mass is 9.69. The number of anilines is 2. The summed E-state index contributed by atoms with van der Waals surface area (Å²) in [6, 6.07) is 12.3. The fraction of sp³-hybridized carbons (Fsp3) is 0.545. The molecular formula is C55H72ClFN8O9S2. The van der Waals surface area contributed by atoms with E-state index >= 15 is 0 Å². The van der Waals surface area contributed by atoms with Crippen LogP contribution in [0.15, 0.2) is 82.8 Å². The Morgan fingerprint density at radius 3 is 2.28 bits per heavy atom. The molecule has 21 heteroatoms. The summed E-state index contributed by atoms with van der Waals surface area (Å²) in [5.41, 5.74) is 4.26. The number of hydrogen-bond acceptors (Lipinski definition) is 15. The summed E-state index contributed by atoms with van der Waals surface area (Å²) in [6.07, 6.45) is 8.19. The number of ether oxygens (including phenoxy) is 5. The van der Waals surface area contributed by atoms with Crippen LogP contribution in [0.5, 0.6) is 0 Å². The molecule has 0 radical (unpaired) electrons. The Hall–Kier alpha value is -5.19. The molecule has 7 rings (SSSR count). The molecule has 1 saturated carbocycles. The Kier molecular flexibility index (Phi) is 22.3. The van der Waals surface area contributed by atoms with Crippen LogP contribution >= 0.6 is 34.3 Å². The third-order valence-electron chi connectivity index (χ3n) is 13.6. The first-order chi connectivity index (χ1) is 36.7. The zero-order valence-electron chi connectivity index (χ0n) is 43.9. The minimum atomic E-state index is -1.42. The van der Waals surface area contributed by atoms with Crippen molar-refractivity contribution in [2.45, 2.75) is 116 Å². The number of nitrogens with one attached hydrogen (secondary N) is 4. The van der Waals surface area contributed by atoms with Crippen molar-refractivity contribution in [3.05, 3.63) is 99.8 Å². The number of rotatable bonds is 28. The molecule has 3 aromatic heterocycles. The number of pyridine rings is 1. The van der Waals surface area contributed by atoms with Gasteiger partial charge in [0.2, 0.25) is 23.6 Å². The molecular weight excluding hydrogens is 1040 g/mol. The van der Waals surface area contributed by atoms with Crippen LogP contribution in [-0.4, -0.2) is 140 Å². The predicted octanol–water partition coefficient (Wildman–Crippen LogP) is 8.01. The third-order valence-corrected chi connectivity index (χ3v) is 15.6. The first-order valence-corrected chi connectivity index (χ1v) is 28.2. The van der Waals surface area contributed by atoms with Gasteiger partial charge in [0.05, 0.1) is 85.5 Å². The lowest BCUT2D eigenvalue weighted by Gasteiger charge is -2.40. The lowest BCUT2D eigenvalue weighted by molar-refractivity contribution is -0.144. The number of halogens is 2. The molecule has 1 saturated heterocycles. The maximum absolute atomic E-state index is 14.8. The predicted molar refractivity (Wildman–Crippen MR) is 292 cm³/mol. The topological polar surface area (TPSA) is 204 Å². The van der Waals surface area contributed by atoms with Crippen LogP contribution in [0.4, 0.5) is 15.3 Å². The molecule has 4 N–H and O–H groups in total. The number of benzene rings is 1. The van der Waals surface area contributed by atoms with Crippen LogP contribution in [0.1, 0.15) is 82.7 Å². The Balaban J connectivity index is 0.736. The van der Waals surface area contributed by atoms with Gasteiger partial charge in [-0.3, -0.25) is 19.2 Å². The molecule has 0 bridgehead atoms. The highest BCUT2D eigenvalue weighted by Gasteiger charge is 2.44. The van der Waals surface area contributed by atoms with Gasteiger partial charge in [0.15, 0.2) is 11.3 Å². The van der Waals surface area contributed by atoms with E-state index in [1.54, 1.807) is 34.6 Å². The van der Waals surface area contributed by atoms with E-state index in [1.807, 2.05) is 81.1 Å². The highest BCUT2D eigenvalue weighted by atomic mass is 35.5. The van der Waals surface area contributed by atoms with Crippen LogP contribution in [0, 0.1) is 17.8 Å². The van der Waals surface area contributed by atoms with E-state index in [0.29, 0.717) is 110 Å². The van der Waals surface area contributed by atoms with Gasteiger partial charge in [-0.1, -0.05) is 74.9 Å². The molecule has 412 valence electrons. The lowest BCUT2D eigenvalue weighted by Crippen LogP contribution is -2.57. The van der Waals surface area contributed by atoms with Crippen molar-refractivity contribution < 1.29 is 47.3 Å². The first-order valence-electron chi connectivity index (χ1n) is 26.1. The van der Waals surface area contributed by atoms with Crippen LogP contribution in [0.25, 0.3) is 10.4 Å². The summed E-state index contributed by atoms with van der Waals surface area (Å²) < 4.78 is 43.6. The molecule has 4 amide bonds. The van der Waals surface area contributed by atoms with E-state index in [-0.39, 0.29) is 54.4 Å². The number of carbonyl (C=O) groups excluding carboxylic acids is 4. The van der Waals surface area contributed by atoms with Crippen molar-refractivity contribution in [2.24, 2.45) is 10.8 Å². The van der Waals surface area contributed by atoms with E-state index < -0.39 is 35.2 Å². The van der Waals surface area contributed by atoms with Crippen molar-refractivity contribution in [3.8, 4) is 10.4 Å². The zero-order valence-corrected chi connectivity index (χ0v) is 46.3. The van der Waals surface area contributed by atoms with Crippen molar-refractivity contribution in [1.82, 2.24) is 35.8 Å². The monoisotopic (exact) mass is 1110 g/mol.